The third-order valence-corrected chi connectivity index (χ3v) is 3.89. The molecule has 9 heteroatoms. The Morgan fingerprint density at radius 3 is 3.09 bits per heavy atom. The fourth-order valence-corrected chi connectivity index (χ4v) is 2.70. The molecule has 0 aliphatic rings. The number of hydrogen-bond donors (Lipinski definition) is 0. The molecule has 3 aromatic heterocycles. The third-order valence-electron chi connectivity index (χ3n) is 2.96. The van der Waals surface area contributed by atoms with Crippen molar-refractivity contribution < 1.29 is 14.5 Å². The van der Waals surface area contributed by atoms with Crippen LogP contribution in [0.15, 0.2) is 29.9 Å². The highest BCUT2D eigenvalue weighted by Crippen LogP contribution is 2.23. The smallest absolute Gasteiger partial charge is 0.344 e. The Morgan fingerprint density at radius 1 is 1.55 bits per heavy atom. The zero-order valence-corrected chi connectivity index (χ0v) is 12.2. The average molecular weight is 318 g/mol. The van der Waals surface area contributed by atoms with Gasteiger partial charge in [-0.05, 0) is 13.0 Å². The molecule has 0 aliphatic carbocycles. The Hall–Kier alpha value is -2.81. The minimum Gasteiger partial charge on any atom is -0.457 e. The van der Waals surface area contributed by atoms with E-state index in [4.69, 9.17) is 4.74 Å². The highest BCUT2D eigenvalue weighted by atomic mass is 32.1. The van der Waals surface area contributed by atoms with Gasteiger partial charge in [0.15, 0.2) is 5.65 Å². The third kappa shape index (κ3) is 2.53. The number of aryl methyl sites for hydroxylation is 1. The van der Waals surface area contributed by atoms with Gasteiger partial charge in [-0.25, -0.2) is 14.3 Å². The van der Waals surface area contributed by atoms with Crippen molar-refractivity contribution in [3.63, 3.8) is 0 Å². The van der Waals surface area contributed by atoms with Crippen molar-refractivity contribution >= 4 is 28.0 Å². The van der Waals surface area contributed by atoms with Gasteiger partial charge in [-0.2, -0.15) is 5.10 Å². The maximum atomic E-state index is 12.2. The van der Waals surface area contributed by atoms with E-state index in [1.54, 1.807) is 30.8 Å². The molecule has 0 amide bonds. The number of nitro groups is 1. The molecule has 0 radical (unpaired) electrons. The lowest BCUT2D eigenvalue weighted by Crippen LogP contribution is -2.06. The second-order valence-corrected chi connectivity index (χ2v) is 5.36. The number of rotatable bonds is 4. The van der Waals surface area contributed by atoms with Crippen LogP contribution in [-0.4, -0.2) is 25.5 Å². The van der Waals surface area contributed by atoms with Crippen molar-refractivity contribution in [2.24, 2.45) is 0 Å². The van der Waals surface area contributed by atoms with Crippen LogP contribution in [-0.2, 0) is 11.3 Å². The van der Waals surface area contributed by atoms with E-state index in [-0.39, 0.29) is 11.6 Å². The van der Waals surface area contributed by atoms with Gasteiger partial charge in [0, 0.05) is 29.4 Å². The van der Waals surface area contributed by atoms with Gasteiger partial charge < -0.3 is 4.74 Å². The number of thiophene rings is 1. The highest BCUT2D eigenvalue weighted by molar-refractivity contribution is 7.13. The average Bonchev–Trinajstić information content (AvgIpc) is 3.08. The molecule has 22 heavy (non-hydrogen) atoms. The number of ether oxygens (including phenoxy) is 1. The Balaban J connectivity index is 1.78. The van der Waals surface area contributed by atoms with Gasteiger partial charge in [-0.1, -0.05) is 11.3 Å². The first-order valence-corrected chi connectivity index (χ1v) is 7.13. The van der Waals surface area contributed by atoms with Crippen LogP contribution in [0.4, 0.5) is 5.00 Å². The van der Waals surface area contributed by atoms with Crippen LogP contribution in [0.25, 0.3) is 5.65 Å². The summed E-state index contributed by atoms with van der Waals surface area (Å²) in [7, 11) is 0. The number of aromatic nitrogens is 3. The van der Waals surface area contributed by atoms with Crippen molar-refractivity contribution in [3.05, 3.63) is 56.8 Å². The van der Waals surface area contributed by atoms with Crippen molar-refractivity contribution in [1.82, 2.24) is 14.6 Å². The van der Waals surface area contributed by atoms with Gasteiger partial charge in [0.25, 0.3) is 0 Å². The van der Waals surface area contributed by atoms with Crippen molar-refractivity contribution in [1.29, 1.82) is 0 Å². The van der Waals surface area contributed by atoms with Crippen LogP contribution < -0.4 is 0 Å². The quantitative estimate of drug-likeness (QED) is 0.416. The summed E-state index contributed by atoms with van der Waals surface area (Å²) in [4.78, 5) is 26.5. The number of esters is 1. The van der Waals surface area contributed by atoms with Gasteiger partial charge in [-0.3, -0.25) is 10.1 Å². The first-order valence-electron chi connectivity index (χ1n) is 6.25. The molecule has 0 saturated carbocycles. The zero-order chi connectivity index (χ0) is 15.7. The summed E-state index contributed by atoms with van der Waals surface area (Å²) in [5.41, 5.74) is 1.80. The summed E-state index contributed by atoms with van der Waals surface area (Å²) in [6.45, 7) is 1.66. The fraction of sp³-hybridized carbons (Fsp3) is 0.154. The summed E-state index contributed by atoms with van der Waals surface area (Å²) in [6.07, 6.45) is 3.25. The summed E-state index contributed by atoms with van der Waals surface area (Å²) < 4.78 is 6.71. The SMILES string of the molecule is Cc1nn2cccnc2c1C(=O)OCc1csc([N+](=O)[O-])c1. The van der Waals surface area contributed by atoms with Crippen LogP contribution in [0.2, 0.25) is 0 Å². The second kappa shape index (κ2) is 5.53. The predicted molar refractivity (Wildman–Crippen MR) is 77.8 cm³/mol. The molecular formula is C13H10N4O4S. The standard InChI is InChI=1S/C13H10N4O4S/c1-8-11(12-14-3-2-4-16(12)15-8)13(18)21-6-9-5-10(17(19)20)22-7-9/h2-5,7H,6H2,1H3. The van der Waals surface area contributed by atoms with Crippen LogP contribution in [0.3, 0.4) is 0 Å². The molecule has 3 aromatic rings. The molecule has 3 heterocycles. The van der Waals surface area contributed by atoms with Crippen LogP contribution in [0.5, 0.6) is 0 Å². The Kier molecular flexibility index (Phi) is 3.55. The maximum absolute atomic E-state index is 12.2. The van der Waals surface area contributed by atoms with E-state index in [2.05, 4.69) is 10.1 Å². The molecule has 0 atom stereocenters. The molecule has 0 aromatic carbocycles. The van der Waals surface area contributed by atoms with E-state index in [0.717, 1.165) is 11.3 Å². The van der Waals surface area contributed by atoms with Crippen molar-refractivity contribution in [2.45, 2.75) is 13.5 Å². The van der Waals surface area contributed by atoms with Gasteiger partial charge >= 0.3 is 11.0 Å². The lowest BCUT2D eigenvalue weighted by atomic mass is 10.2. The molecule has 0 fully saturated rings. The number of fused-ring (bicyclic) bond motifs is 1. The fourth-order valence-electron chi connectivity index (χ4n) is 1.99. The molecule has 0 bridgehead atoms. The van der Waals surface area contributed by atoms with E-state index in [1.807, 2.05) is 0 Å². The van der Waals surface area contributed by atoms with Crippen molar-refractivity contribution in [2.75, 3.05) is 0 Å². The Labute approximate surface area is 128 Å². The highest BCUT2D eigenvalue weighted by Gasteiger charge is 2.20. The number of carbonyl (C=O) groups excluding carboxylic acids is 1. The van der Waals surface area contributed by atoms with Crippen LogP contribution in [0, 0.1) is 17.0 Å². The van der Waals surface area contributed by atoms with Gasteiger partial charge in [-0.15, -0.1) is 0 Å². The number of carbonyl (C=O) groups is 1. The minimum absolute atomic E-state index is 0.0138. The largest absolute Gasteiger partial charge is 0.457 e. The molecule has 0 spiro atoms. The van der Waals surface area contributed by atoms with Crippen LogP contribution >= 0.6 is 11.3 Å². The second-order valence-electron chi connectivity index (χ2n) is 4.47. The summed E-state index contributed by atoms with van der Waals surface area (Å²) in [6, 6.07) is 3.10. The Morgan fingerprint density at radius 2 is 2.36 bits per heavy atom. The van der Waals surface area contributed by atoms with E-state index in [0.29, 0.717) is 22.5 Å². The van der Waals surface area contributed by atoms with E-state index < -0.39 is 10.9 Å². The molecule has 3 rings (SSSR count). The predicted octanol–water partition coefficient (Wildman–Crippen LogP) is 2.36. The lowest BCUT2D eigenvalue weighted by molar-refractivity contribution is -0.380. The molecule has 0 N–H and O–H groups in total. The van der Waals surface area contributed by atoms with Gasteiger partial charge in [0.2, 0.25) is 0 Å². The van der Waals surface area contributed by atoms with E-state index in [1.165, 1.54) is 10.6 Å². The zero-order valence-electron chi connectivity index (χ0n) is 11.4. The maximum Gasteiger partial charge on any atom is 0.344 e. The lowest BCUT2D eigenvalue weighted by Gasteiger charge is -2.02. The summed E-state index contributed by atoms with van der Waals surface area (Å²) >= 11 is 0.993. The first-order chi connectivity index (χ1) is 10.6. The molecule has 0 saturated heterocycles. The van der Waals surface area contributed by atoms with Crippen molar-refractivity contribution in [3.8, 4) is 0 Å². The normalized spacial score (nSPS) is 10.8. The molecule has 0 aliphatic heterocycles. The van der Waals surface area contributed by atoms with Gasteiger partial charge in [0.05, 0.1) is 10.6 Å². The number of nitrogens with zero attached hydrogens (tertiary/aromatic N) is 4. The minimum atomic E-state index is -0.556. The Bertz CT molecular complexity index is 870. The molecule has 0 unspecified atom stereocenters. The summed E-state index contributed by atoms with van der Waals surface area (Å²) in [5, 5.41) is 16.4. The topological polar surface area (TPSA) is 99.6 Å². The van der Waals surface area contributed by atoms with Crippen LogP contribution in [0.1, 0.15) is 21.6 Å². The molecule has 8 nitrogen and oxygen atoms in total. The number of hydrogen-bond acceptors (Lipinski definition) is 7. The molecular weight excluding hydrogens is 308 g/mol. The first kappa shape index (κ1) is 14.1. The van der Waals surface area contributed by atoms with Gasteiger partial charge in [0.1, 0.15) is 12.2 Å². The van der Waals surface area contributed by atoms with E-state index >= 15 is 0 Å². The molecule has 112 valence electrons. The van der Waals surface area contributed by atoms with E-state index in [9.17, 15) is 14.9 Å². The monoisotopic (exact) mass is 318 g/mol. The summed E-state index contributed by atoms with van der Waals surface area (Å²) in [5.74, 6) is -0.556.